The van der Waals surface area contributed by atoms with Gasteiger partial charge in [0.2, 0.25) is 5.91 Å². The molecule has 3 nitrogen and oxygen atoms in total. The van der Waals surface area contributed by atoms with Gasteiger partial charge in [-0.05, 0) is 42.5 Å². The number of nitrogens with two attached hydrogens (primary N) is 1. The lowest BCUT2D eigenvalue weighted by atomic mass is 9.87. The van der Waals surface area contributed by atoms with Gasteiger partial charge < -0.3 is 11.1 Å². The summed E-state index contributed by atoms with van der Waals surface area (Å²) in [5, 5.41) is 3.54. The van der Waals surface area contributed by atoms with Gasteiger partial charge in [-0.2, -0.15) is 0 Å². The molecule has 4 heteroatoms. The SMILES string of the molecule is Cc1cc(Cl)ccc1NC(=O)CC(N)CC(C)(C)C. The molecule has 0 fully saturated rings. The van der Waals surface area contributed by atoms with Gasteiger partial charge in [-0.25, -0.2) is 0 Å². The van der Waals surface area contributed by atoms with E-state index in [0.717, 1.165) is 17.7 Å². The number of carbonyl (C=O) groups excluding carboxylic acids is 1. The van der Waals surface area contributed by atoms with Crippen molar-refractivity contribution in [3.8, 4) is 0 Å². The molecule has 0 bridgehead atoms. The molecule has 1 rings (SSSR count). The van der Waals surface area contributed by atoms with Gasteiger partial charge in [-0.3, -0.25) is 4.79 Å². The molecule has 0 spiro atoms. The van der Waals surface area contributed by atoms with Crippen molar-refractivity contribution in [2.75, 3.05) is 5.32 Å². The van der Waals surface area contributed by atoms with Crippen LogP contribution >= 0.6 is 11.6 Å². The first-order chi connectivity index (χ1) is 8.67. The smallest absolute Gasteiger partial charge is 0.225 e. The van der Waals surface area contributed by atoms with E-state index >= 15 is 0 Å². The third kappa shape index (κ3) is 6.08. The lowest BCUT2D eigenvalue weighted by Gasteiger charge is -2.22. The summed E-state index contributed by atoms with van der Waals surface area (Å²) in [5.74, 6) is -0.0535. The molecule has 1 unspecified atom stereocenters. The summed E-state index contributed by atoms with van der Waals surface area (Å²) in [6.07, 6.45) is 1.15. The number of hydrogen-bond acceptors (Lipinski definition) is 2. The van der Waals surface area contributed by atoms with E-state index in [4.69, 9.17) is 17.3 Å². The Morgan fingerprint density at radius 3 is 2.58 bits per heavy atom. The van der Waals surface area contributed by atoms with Gasteiger partial charge in [0.25, 0.3) is 0 Å². The molecule has 0 heterocycles. The van der Waals surface area contributed by atoms with E-state index in [0.29, 0.717) is 11.4 Å². The molecule has 1 aromatic carbocycles. The molecular weight excluding hydrogens is 260 g/mol. The van der Waals surface area contributed by atoms with Crippen LogP contribution < -0.4 is 11.1 Å². The standard InChI is InChI=1S/C15H23ClN2O/c1-10-7-11(16)5-6-13(10)18-14(19)8-12(17)9-15(2,3)4/h5-7,12H,8-9,17H2,1-4H3,(H,18,19). The number of nitrogens with one attached hydrogen (secondary N) is 1. The fourth-order valence-electron chi connectivity index (χ4n) is 2.07. The molecule has 1 aromatic rings. The van der Waals surface area contributed by atoms with Crippen LogP contribution in [0.25, 0.3) is 0 Å². The van der Waals surface area contributed by atoms with Gasteiger partial charge >= 0.3 is 0 Å². The second-order valence-electron chi connectivity index (χ2n) is 6.24. The normalized spacial score (nSPS) is 13.2. The second-order valence-corrected chi connectivity index (χ2v) is 6.67. The number of rotatable bonds is 4. The second kappa shape index (κ2) is 6.40. The average molecular weight is 283 g/mol. The Kier molecular flexibility index (Phi) is 5.39. The van der Waals surface area contributed by atoms with E-state index in [1.165, 1.54) is 0 Å². The topological polar surface area (TPSA) is 55.1 Å². The lowest BCUT2D eigenvalue weighted by Crippen LogP contribution is -2.31. The number of halogens is 1. The summed E-state index contributed by atoms with van der Waals surface area (Å²) < 4.78 is 0. The minimum atomic E-state index is -0.118. The molecular formula is C15H23ClN2O. The molecule has 0 aliphatic heterocycles. The van der Waals surface area contributed by atoms with E-state index in [2.05, 4.69) is 26.1 Å². The summed E-state index contributed by atoms with van der Waals surface area (Å²) in [7, 11) is 0. The van der Waals surface area contributed by atoms with Gasteiger partial charge in [0.1, 0.15) is 0 Å². The Balaban J connectivity index is 2.56. The van der Waals surface area contributed by atoms with Crippen molar-refractivity contribution >= 4 is 23.2 Å². The van der Waals surface area contributed by atoms with Gasteiger partial charge in [0, 0.05) is 23.2 Å². The Hall–Kier alpha value is -1.06. The van der Waals surface area contributed by atoms with Crippen LogP contribution in [-0.2, 0) is 4.79 Å². The van der Waals surface area contributed by atoms with Crippen LogP contribution in [-0.4, -0.2) is 11.9 Å². The summed E-state index contributed by atoms with van der Waals surface area (Å²) in [6.45, 7) is 8.27. The fraction of sp³-hybridized carbons (Fsp3) is 0.533. The van der Waals surface area contributed by atoms with E-state index in [1.807, 2.05) is 19.1 Å². The first-order valence-corrected chi connectivity index (χ1v) is 6.87. The first-order valence-electron chi connectivity index (χ1n) is 6.49. The average Bonchev–Trinajstić information content (AvgIpc) is 2.19. The Bertz CT molecular complexity index is 452. The molecule has 1 amide bonds. The molecule has 0 aliphatic carbocycles. The van der Waals surface area contributed by atoms with Crippen molar-refractivity contribution in [3.05, 3.63) is 28.8 Å². The van der Waals surface area contributed by atoms with Crippen LogP contribution in [0.4, 0.5) is 5.69 Å². The van der Waals surface area contributed by atoms with Crippen LogP contribution in [0.1, 0.15) is 39.2 Å². The maximum Gasteiger partial charge on any atom is 0.225 e. The Labute approximate surface area is 120 Å². The zero-order valence-electron chi connectivity index (χ0n) is 12.1. The zero-order valence-corrected chi connectivity index (χ0v) is 12.8. The van der Waals surface area contributed by atoms with Crippen molar-refractivity contribution in [1.82, 2.24) is 0 Å². The van der Waals surface area contributed by atoms with Gasteiger partial charge in [0.15, 0.2) is 0 Å². The van der Waals surface area contributed by atoms with Crippen LogP contribution in [0.5, 0.6) is 0 Å². The van der Waals surface area contributed by atoms with E-state index in [1.54, 1.807) is 6.07 Å². The van der Waals surface area contributed by atoms with Gasteiger partial charge in [0.05, 0.1) is 0 Å². The van der Waals surface area contributed by atoms with Crippen LogP contribution in [0.3, 0.4) is 0 Å². The highest BCUT2D eigenvalue weighted by molar-refractivity contribution is 6.30. The minimum absolute atomic E-state index is 0.0535. The zero-order chi connectivity index (χ0) is 14.6. The highest BCUT2D eigenvalue weighted by Crippen LogP contribution is 2.22. The maximum atomic E-state index is 11.9. The van der Waals surface area contributed by atoms with Crippen LogP contribution in [0.15, 0.2) is 18.2 Å². The summed E-state index contributed by atoms with van der Waals surface area (Å²) in [6, 6.07) is 5.28. The van der Waals surface area contributed by atoms with E-state index in [-0.39, 0.29) is 17.4 Å². The van der Waals surface area contributed by atoms with Crippen molar-refractivity contribution < 1.29 is 4.79 Å². The molecule has 0 saturated heterocycles. The highest BCUT2D eigenvalue weighted by atomic mass is 35.5. The number of hydrogen-bond donors (Lipinski definition) is 2. The van der Waals surface area contributed by atoms with Crippen LogP contribution in [0, 0.1) is 12.3 Å². The fourth-order valence-corrected chi connectivity index (χ4v) is 2.29. The predicted octanol–water partition coefficient (Wildman–Crippen LogP) is 3.74. The van der Waals surface area contributed by atoms with Crippen molar-refractivity contribution in [1.29, 1.82) is 0 Å². The van der Waals surface area contributed by atoms with E-state index < -0.39 is 0 Å². The summed E-state index contributed by atoms with van der Waals surface area (Å²) in [4.78, 5) is 11.9. The molecule has 3 N–H and O–H groups in total. The predicted molar refractivity (Wildman–Crippen MR) is 81.5 cm³/mol. The molecule has 0 aliphatic rings. The molecule has 0 aromatic heterocycles. The molecule has 0 radical (unpaired) electrons. The lowest BCUT2D eigenvalue weighted by molar-refractivity contribution is -0.116. The first kappa shape index (κ1) is 16.0. The van der Waals surface area contributed by atoms with E-state index in [9.17, 15) is 4.79 Å². The molecule has 19 heavy (non-hydrogen) atoms. The van der Waals surface area contributed by atoms with Crippen molar-refractivity contribution in [2.45, 2.75) is 46.6 Å². The Morgan fingerprint density at radius 1 is 1.42 bits per heavy atom. The van der Waals surface area contributed by atoms with Gasteiger partial charge in [-0.15, -0.1) is 0 Å². The maximum absolute atomic E-state index is 11.9. The number of anilines is 1. The molecule has 106 valence electrons. The van der Waals surface area contributed by atoms with Crippen LogP contribution in [0.2, 0.25) is 5.02 Å². The summed E-state index contributed by atoms with van der Waals surface area (Å²) >= 11 is 5.88. The quantitative estimate of drug-likeness (QED) is 0.884. The van der Waals surface area contributed by atoms with Crippen molar-refractivity contribution in [2.24, 2.45) is 11.1 Å². The monoisotopic (exact) mass is 282 g/mol. The number of benzene rings is 1. The number of aryl methyl sites for hydroxylation is 1. The largest absolute Gasteiger partial charge is 0.327 e. The molecule has 1 atom stereocenters. The minimum Gasteiger partial charge on any atom is -0.327 e. The van der Waals surface area contributed by atoms with Crippen molar-refractivity contribution in [3.63, 3.8) is 0 Å². The number of amides is 1. The van der Waals surface area contributed by atoms with Gasteiger partial charge in [-0.1, -0.05) is 32.4 Å². The number of carbonyl (C=O) groups is 1. The highest BCUT2D eigenvalue weighted by Gasteiger charge is 2.18. The molecule has 0 saturated carbocycles. The third-order valence-corrected chi connectivity index (χ3v) is 3.02. The Morgan fingerprint density at radius 2 is 2.05 bits per heavy atom. The third-order valence-electron chi connectivity index (χ3n) is 2.78. The summed E-state index contributed by atoms with van der Waals surface area (Å²) in [5.41, 5.74) is 7.87.